The highest BCUT2D eigenvalue weighted by atomic mass is 16.5. The number of hydrogen-bond acceptors (Lipinski definition) is 6. The molecule has 1 heterocycles. The van der Waals surface area contributed by atoms with Gasteiger partial charge in [-0.1, -0.05) is 6.07 Å². The molecule has 1 aliphatic heterocycles. The summed E-state index contributed by atoms with van der Waals surface area (Å²) in [7, 11) is 3.14. The van der Waals surface area contributed by atoms with Crippen LogP contribution in [0.3, 0.4) is 0 Å². The second-order valence-electron chi connectivity index (χ2n) is 7.45. The Morgan fingerprint density at radius 1 is 1.14 bits per heavy atom. The highest BCUT2D eigenvalue weighted by Crippen LogP contribution is 2.45. The summed E-state index contributed by atoms with van der Waals surface area (Å²) in [6.07, 6.45) is 1.76. The third-order valence-corrected chi connectivity index (χ3v) is 5.21. The van der Waals surface area contributed by atoms with Gasteiger partial charge < -0.3 is 14.2 Å². The van der Waals surface area contributed by atoms with Gasteiger partial charge in [-0.15, -0.1) is 0 Å². The second kappa shape index (κ2) is 8.17. The van der Waals surface area contributed by atoms with Crippen molar-refractivity contribution in [1.29, 1.82) is 0 Å². The average Bonchev–Trinajstić information content (AvgIpc) is 2.65. The van der Waals surface area contributed by atoms with Crippen molar-refractivity contribution >= 4 is 17.5 Å². The Morgan fingerprint density at radius 3 is 2.50 bits per heavy atom. The van der Waals surface area contributed by atoms with E-state index in [1.807, 2.05) is 32.9 Å². The van der Waals surface area contributed by atoms with Gasteiger partial charge >= 0.3 is 5.97 Å². The summed E-state index contributed by atoms with van der Waals surface area (Å²) >= 11 is 0. The highest BCUT2D eigenvalue weighted by Gasteiger charge is 2.43. The molecule has 150 valence electrons. The van der Waals surface area contributed by atoms with E-state index in [1.165, 1.54) is 0 Å². The van der Waals surface area contributed by atoms with Crippen molar-refractivity contribution in [2.24, 2.45) is 10.9 Å². The highest BCUT2D eigenvalue weighted by molar-refractivity contribution is 6.08. The lowest BCUT2D eigenvalue weighted by atomic mass is 9.71. The largest absolute Gasteiger partial charge is 0.493 e. The molecule has 0 radical (unpaired) electrons. The van der Waals surface area contributed by atoms with Gasteiger partial charge in [0.25, 0.3) is 0 Å². The van der Waals surface area contributed by atoms with Crippen molar-refractivity contribution < 1.29 is 23.8 Å². The molecular formula is C22H27NO5. The molecule has 0 spiro atoms. The third kappa shape index (κ3) is 3.68. The lowest BCUT2D eigenvalue weighted by molar-refractivity contribution is -0.150. The molecule has 1 aromatic rings. The number of benzene rings is 1. The van der Waals surface area contributed by atoms with Crippen LogP contribution in [0.25, 0.3) is 0 Å². The predicted molar refractivity (Wildman–Crippen MR) is 106 cm³/mol. The molecule has 28 heavy (non-hydrogen) atoms. The molecule has 3 rings (SSSR count). The van der Waals surface area contributed by atoms with E-state index < -0.39 is 11.8 Å². The van der Waals surface area contributed by atoms with E-state index in [4.69, 9.17) is 14.2 Å². The van der Waals surface area contributed by atoms with Gasteiger partial charge in [-0.3, -0.25) is 14.6 Å². The monoisotopic (exact) mass is 385 g/mol. The van der Waals surface area contributed by atoms with Gasteiger partial charge in [-0.05, 0) is 51.3 Å². The number of rotatable bonds is 5. The Bertz CT molecular complexity index is 852. The summed E-state index contributed by atoms with van der Waals surface area (Å²) in [5.74, 6) is -0.229. The van der Waals surface area contributed by atoms with Crippen molar-refractivity contribution in [2.75, 3.05) is 14.2 Å². The molecule has 1 aromatic carbocycles. The van der Waals surface area contributed by atoms with Crippen LogP contribution < -0.4 is 9.47 Å². The molecule has 6 heteroatoms. The van der Waals surface area contributed by atoms with Gasteiger partial charge in [0.1, 0.15) is 5.92 Å². The molecule has 0 saturated heterocycles. The van der Waals surface area contributed by atoms with Gasteiger partial charge in [0.2, 0.25) is 0 Å². The number of ketones is 1. The fourth-order valence-electron chi connectivity index (χ4n) is 4.02. The van der Waals surface area contributed by atoms with Crippen molar-refractivity contribution in [1.82, 2.24) is 0 Å². The molecule has 0 fully saturated rings. The van der Waals surface area contributed by atoms with E-state index in [2.05, 4.69) is 4.99 Å². The number of methoxy groups -OCH3 is 2. The quantitative estimate of drug-likeness (QED) is 0.720. The molecule has 0 saturated carbocycles. The Labute approximate surface area is 165 Å². The Hall–Kier alpha value is -2.63. The number of aliphatic imine (C=N–C) groups is 1. The lowest BCUT2D eigenvalue weighted by Crippen LogP contribution is -2.38. The Balaban J connectivity index is 2.15. The topological polar surface area (TPSA) is 74.2 Å². The molecule has 1 aliphatic carbocycles. The normalized spacial score (nSPS) is 21.9. The first kappa shape index (κ1) is 20.1. The van der Waals surface area contributed by atoms with Gasteiger partial charge in [0, 0.05) is 29.3 Å². The maximum Gasteiger partial charge on any atom is 0.315 e. The Morgan fingerprint density at radius 2 is 1.86 bits per heavy atom. The smallest absolute Gasteiger partial charge is 0.315 e. The lowest BCUT2D eigenvalue weighted by Gasteiger charge is -2.35. The van der Waals surface area contributed by atoms with Gasteiger partial charge in [0.05, 0.1) is 20.3 Å². The molecule has 2 atom stereocenters. The van der Waals surface area contributed by atoms with Crippen molar-refractivity contribution in [3.05, 3.63) is 35.0 Å². The van der Waals surface area contributed by atoms with Crippen LogP contribution in [0.5, 0.6) is 11.5 Å². The summed E-state index contributed by atoms with van der Waals surface area (Å²) in [6, 6.07) is 5.52. The van der Waals surface area contributed by atoms with E-state index in [0.717, 1.165) is 24.1 Å². The van der Waals surface area contributed by atoms with Gasteiger partial charge in [-0.25, -0.2) is 0 Å². The third-order valence-electron chi connectivity index (χ3n) is 5.21. The number of ether oxygens (including phenoxy) is 3. The molecule has 0 bridgehead atoms. The Kier molecular flexibility index (Phi) is 5.87. The molecule has 0 aromatic heterocycles. The van der Waals surface area contributed by atoms with Gasteiger partial charge in [-0.2, -0.15) is 0 Å². The SMILES string of the molecule is COc1ccc([C@@H]2C3=C(CCCC3=O)N=C(C)C2C(=O)OC(C)C)cc1OC. The minimum absolute atomic E-state index is 0.0552. The molecule has 6 nitrogen and oxygen atoms in total. The van der Waals surface area contributed by atoms with Crippen LogP contribution >= 0.6 is 0 Å². The molecule has 2 aliphatic rings. The fourth-order valence-corrected chi connectivity index (χ4v) is 4.02. The van der Waals surface area contributed by atoms with Crippen LogP contribution in [0.1, 0.15) is 51.5 Å². The average molecular weight is 385 g/mol. The number of Topliss-reactive ketones (excluding diaryl/α,β-unsaturated/α-hetero) is 1. The first-order valence-corrected chi connectivity index (χ1v) is 9.61. The van der Waals surface area contributed by atoms with E-state index in [-0.39, 0.29) is 17.9 Å². The van der Waals surface area contributed by atoms with Crippen LogP contribution in [-0.4, -0.2) is 37.8 Å². The van der Waals surface area contributed by atoms with Crippen LogP contribution in [0, 0.1) is 5.92 Å². The first-order chi connectivity index (χ1) is 13.4. The second-order valence-corrected chi connectivity index (χ2v) is 7.45. The van der Waals surface area contributed by atoms with Crippen LogP contribution in [-0.2, 0) is 14.3 Å². The minimum atomic E-state index is -0.638. The summed E-state index contributed by atoms with van der Waals surface area (Å²) < 4.78 is 16.3. The summed E-state index contributed by atoms with van der Waals surface area (Å²) in [6.45, 7) is 5.47. The number of carbonyl (C=O) groups excluding carboxylic acids is 2. The van der Waals surface area contributed by atoms with Crippen molar-refractivity contribution in [3.63, 3.8) is 0 Å². The summed E-state index contributed by atoms with van der Waals surface area (Å²) in [4.78, 5) is 30.5. The zero-order valence-corrected chi connectivity index (χ0v) is 17.1. The van der Waals surface area contributed by atoms with E-state index in [9.17, 15) is 9.59 Å². The zero-order chi connectivity index (χ0) is 20.4. The van der Waals surface area contributed by atoms with Crippen molar-refractivity contribution in [3.8, 4) is 11.5 Å². The molecule has 0 amide bonds. The molecule has 1 unspecified atom stereocenters. The van der Waals surface area contributed by atoms with Crippen molar-refractivity contribution in [2.45, 2.75) is 52.1 Å². The predicted octanol–water partition coefficient (Wildman–Crippen LogP) is 3.84. The van der Waals surface area contributed by atoms with Crippen LogP contribution in [0.15, 0.2) is 34.5 Å². The van der Waals surface area contributed by atoms with Crippen LogP contribution in [0.2, 0.25) is 0 Å². The van der Waals surface area contributed by atoms with Gasteiger partial charge in [0.15, 0.2) is 17.3 Å². The number of carbonyl (C=O) groups is 2. The van der Waals surface area contributed by atoms with E-state index >= 15 is 0 Å². The zero-order valence-electron chi connectivity index (χ0n) is 17.1. The maximum absolute atomic E-state index is 13.0. The summed E-state index contributed by atoms with van der Waals surface area (Å²) in [5, 5.41) is 0. The van der Waals surface area contributed by atoms with E-state index in [0.29, 0.717) is 29.2 Å². The standard InChI is InChI=1S/C22H27NO5/c1-12(2)28-22(25)19-13(3)23-15-7-6-8-16(24)21(15)20(19)14-9-10-17(26-4)18(11-14)27-5/h9-12,19-20H,6-8H2,1-5H3/t19?,20-/m0/s1. The first-order valence-electron chi connectivity index (χ1n) is 9.61. The maximum atomic E-state index is 13.0. The number of nitrogens with zero attached hydrogens (tertiary/aromatic N) is 1. The molecule has 0 N–H and O–H groups in total. The minimum Gasteiger partial charge on any atom is -0.493 e. The molecular weight excluding hydrogens is 358 g/mol. The van der Waals surface area contributed by atoms with Crippen LogP contribution in [0.4, 0.5) is 0 Å². The fraction of sp³-hybridized carbons (Fsp3) is 0.500. The van der Waals surface area contributed by atoms with E-state index in [1.54, 1.807) is 20.3 Å². The number of allylic oxidation sites excluding steroid dienone is 2. The number of esters is 1. The summed E-state index contributed by atoms with van der Waals surface area (Å²) in [5.41, 5.74) is 2.93. The number of hydrogen-bond donors (Lipinski definition) is 0.